The smallest absolute Gasteiger partial charge is 0.246 e. The second kappa shape index (κ2) is 9.99. The number of hydrogen-bond donors (Lipinski definition) is 2. The molecule has 2 aromatic heterocycles. The van der Waals surface area contributed by atoms with E-state index in [-0.39, 0.29) is 11.9 Å². The summed E-state index contributed by atoms with van der Waals surface area (Å²) in [4.78, 5) is 28.4. The van der Waals surface area contributed by atoms with Gasteiger partial charge in [0.05, 0.1) is 11.9 Å². The summed E-state index contributed by atoms with van der Waals surface area (Å²) >= 11 is 1.68. The number of carbonyl (C=O) groups is 1. The van der Waals surface area contributed by atoms with Crippen LogP contribution < -0.4 is 10.6 Å². The Morgan fingerprint density at radius 2 is 2.03 bits per heavy atom. The fourth-order valence-corrected chi connectivity index (χ4v) is 5.76. The molecule has 1 atom stereocenters. The molecule has 33 heavy (non-hydrogen) atoms. The first kappa shape index (κ1) is 22.0. The molecule has 8 heteroatoms. The highest BCUT2D eigenvalue weighted by molar-refractivity contribution is 7.19. The third-order valence-electron chi connectivity index (χ3n) is 6.44. The third-order valence-corrected chi connectivity index (χ3v) is 7.56. The predicted molar refractivity (Wildman–Crippen MR) is 133 cm³/mol. The molecule has 4 heterocycles. The first-order valence-corrected chi connectivity index (χ1v) is 12.5. The molecule has 2 aliphatic heterocycles. The molecule has 5 rings (SSSR count). The normalized spacial score (nSPS) is 17.9. The molecule has 0 saturated carbocycles. The number of fused-ring (bicyclic) bond motifs is 3. The number of thiophene rings is 1. The zero-order valence-corrected chi connectivity index (χ0v) is 19.8. The topological polar surface area (TPSA) is 73.4 Å². The largest absolute Gasteiger partial charge is 0.363 e. The van der Waals surface area contributed by atoms with Gasteiger partial charge in [0.15, 0.2) is 0 Å². The van der Waals surface area contributed by atoms with Gasteiger partial charge in [-0.3, -0.25) is 9.69 Å². The number of rotatable bonds is 6. The van der Waals surface area contributed by atoms with Crippen LogP contribution in [0, 0.1) is 0 Å². The maximum absolute atomic E-state index is 12.8. The molecule has 7 nitrogen and oxygen atoms in total. The predicted octanol–water partition coefficient (Wildman–Crippen LogP) is 3.21. The van der Waals surface area contributed by atoms with Gasteiger partial charge in [-0.05, 0) is 24.5 Å². The minimum atomic E-state index is 0.0929. The van der Waals surface area contributed by atoms with Gasteiger partial charge in [0, 0.05) is 56.3 Å². The Morgan fingerprint density at radius 1 is 1.21 bits per heavy atom. The van der Waals surface area contributed by atoms with Crippen LogP contribution in [0.25, 0.3) is 10.2 Å². The fourth-order valence-electron chi connectivity index (χ4n) is 4.56. The van der Waals surface area contributed by atoms with E-state index in [1.54, 1.807) is 23.7 Å². The van der Waals surface area contributed by atoms with Gasteiger partial charge in [-0.15, -0.1) is 11.3 Å². The Bertz CT molecular complexity index is 1140. The van der Waals surface area contributed by atoms with Crippen molar-refractivity contribution in [3.8, 4) is 0 Å². The summed E-state index contributed by atoms with van der Waals surface area (Å²) in [7, 11) is 0. The summed E-state index contributed by atoms with van der Waals surface area (Å²) in [5, 5.41) is 8.05. The SMILES string of the molecule is C[C@@H](Nc1ncnc2sc3c(c12)CCN(C(=O)/C=C/CN1CCNCC1)C3)c1ccccc1. The van der Waals surface area contributed by atoms with E-state index in [0.29, 0.717) is 6.54 Å². The molecular weight excluding hydrogens is 432 g/mol. The standard InChI is InChI=1S/C25H30N6OS/c1-18(19-6-3-2-4-7-19)29-24-23-20-9-13-31(16-21(20)33-25(23)28-17-27-24)22(32)8-5-12-30-14-10-26-11-15-30/h2-8,17-18,26H,9-16H2,1H3,(H,27,28,29)/b8-5+/t18-/m1/s1. The van der Waals surface area contributed by atoms with Crippen LogP contribution in [0.3, 0.4) is 0 Å². The number of anilines is 1. The van der Waals surface area contributed by atoms with Gasteiger partial charge in [0.2, 0.25) is 5.91 Å². The van der Waals surface area contributed by atoms with E-state index in [0.717, 1.165) is 61.7 Å². The third kappa shape index (κ3) is 4.93. The van der Waals surface area contributed by atoms with E-state index in [9.17, 15) is 4.79 Å². The van der Waals surface area contributed by atoms with Crippen LogP contribution in [0.5, 0.6) is 0 Å². The quantitative estimate of drug-likeness (QED) is 0.548. The van der Waals surface area contributed by atoms with E-state index in [1.165, 1.54) is 16.0 Å². The van der Waals surface area contributed by atoms with E-state index in [2.05, 4.69) is 56.7 Å². The molecule has 0 unspecified atom stereocenters. The molecule has 0 aliphatic carbocycles. The summed E-state index contributed by atoms with van der Waals surface area (Å²) in [5.41, 5.74) is 2.50. The molecule has 1 amide bonds. The lowest BCUT2D eigenvalue weighted by atomic mass is 10.0. The molecular formula is C25H30N6OS. The lowest BCUT2D eigenvalue weighted by Gasteiger charge is -2.27. The average molecular weight is 463 g/mol. The number of nitrogens with one attached hydrogen (secondary N) is 2. The lowest BCUT2D eigenvalue weighted by molar-refractivity contribution is -0.126. The maximum atomic E-state index is 12.8. The van der Waals surface area contributed by atoms with Gasteiger partial charge in [0.1, 0.15) is 17.0 Å². The van der Waals surface area contributed by atoms with Gasteiger partial charge < -0.3 is 15.5 Å². The summed E-state index contributed by atoms with van der Waals surface area (Å²) in [6.07, 6.45) is 6.21. The van der Waals surface area contributed by atoms with Crippen LogP contribution in [0.15, 0.2) is 48.8 Å². The minimum absolute atomic E-state index is 0.0929. The van der Waals surface area contributed by atoms with Crippen LogP contribution in [0.4, 0.5) is 5.82 Å². The molecule has 1 saturated heterocycles. The van der Waals surface area contributed by atoms with Gasteiger partial charge >= 0.3 is 0 Å². The monoisotopic (exact) mass is 462 g/mol. The molecule has 2 N–H and O–H groups in total. The second-order valence-electron chi connectivity index (χ2n) is 8.65. The minimum Gasteiger partial charge on any atom is -0.363 e. The van der Waals surface area contributed by atoms with Crippen LogP contribution in [0.1, 0.15) is 29.0 Å². The number of aromatic nitrogens is 2. The van der Waals surface area contributed by atoms with Gasteiger partial charge in [-0.2, -0.15) is 0 Å². The van der Waals surface area contributed by atoms with E-state index in [4.69, 9.17) is 0 Å². The number of hydrogen-bond acceptors (Lipinski definition) is 7. The van der Waals surface area contributed by atoms with Crippen molar-refractivity contribution < 1.29 is 4.79 Å². The molecule has 172 valence electrons. The molecule has 2 aliphatic rings. The molecule has 1 aromatic carbocycles. The Labute approximate surface area is 198 Å². The van der Waals surface area contributed by atoms with E-state index >= 15 is 0 Å². The Balaban J connectivity index is 1.29. The molecule has 0 radical (unpaired) electrons. The number of benzene rings is 1. The number of carbonyl (C=O) groups excluding carboxylic acids is 1. The number of amides is 1. The maximum Gasteiger partial charge on any atom is 0.246 e. The second-order valence-corrected chi connectivity index (χ2v) is 9.73. The van der Waals surface area contributed by atoms with Gasteiger partial charge in [-0.1, -0.05) is 36.4 Å². The summed E-state index contributed by atoms with van der Waals surface area (Å²) in [6, 6.07) is 10.5. The van der Waals surface area contributed by atoms with Gasteiger partial charge in [0.25, 0.3) is 0 Å². The van der Waals surface area contributed by atoms with Crippen molar-refractivity contribution >= 4 is 33.3 Å². The first-order valence-electron chi connectivity index (χ1n) is 11.6. The van der Waals surface area contributed by atoms with E-state index in [1.807, 2.05) is 17.0 Å². The van der Waals surface area contributed by atoms with Crippen LogP contribution in [-0.2, 0) is 17.8 Å². The molecule has 0 bridgehead atoms. The fraction of sp³-hybridized carbons (Fsp3) is 0.400. The number of piperazine rings is 1. The molecule has 1 fully saturated rings. The van der Waals surface area contributed by atoms with Crippen molar-refractivity contribution in [2.24, 2.45) is 0 Å². The summed E-state index contributed by atoms with van der Waals surface area (Å²) < 4.78 is 0. The Hall–Kier alpha value is -2.81. The van der Waals surface area contributed by atoms with Gasteiger partial charge in [-0.25, -0.2) is 9.97 Å². The van der Waals surface area contributed by atoms with Crippen molar-refractivity contribution in [1.82, 2.24) is 25.1 Å². The zero-order valence-electron chi connectivity index (χ0n) is 19.0. The van der Waals surface area contributed by atoms with Crippen LogP contribution in [-0.4, -0.2) is 64.9 Å². The van der Waals surface area contributed by atoms with Crippen molar-refractivity contribution in [2.45, 2.75) is 25.9 Å². The summed E-state index contributed by atoms with van der Waals surface area (Å²) in [6.45, 7) is 8.45. The van der Waals surface area contributed by atoms with Crippen molar-refractivity contribution in [1.29, 1.82) is 0 Å². The van der Waals surface area contributed by atoms with Crippen molar-refractivity contribution in [3.05, 3.63) is 64.8 Å². The average Bonchev–Trinajstić information content (AvgIpc) is 3.24. The highest BCUT2D eigenvalue weighted by Crippen LogP contribution is 2.38. The first-order chi connectivity index (χ1) is 16.2. The Morgan fingerprint density at radius 3 is 2.85 bits per heavy atom. The highest BCUT2D eigenvalue weighted by Gasteiger charge is 2.26. The highest BCUT2D eigenvalue weighted by atomic mass is 32.1. The van der Waals surface area contributed by atoms with E-state index < -0.39 is 0 Å². The molecule has 0 spiro atoms. The Kier molecular flexibility index (Phi) is 6.66. The molecule has 3 aromatic rings. The lowest BCUT2D eigenvalue weighted by Crippen LogP contribution is -2.43. The van der Waals surface area contributed by atoms with Crippen LogP contribution in [0.2, 0.25) is 0 Å². The summed E-state index contributed by atoms with van der Waals surface area (Å²) in [5.74, 6) is 0.972. The number of nitrogens with zero attached hydrogens (tertiary/aromatic N) is 4. The van der Waals surface area contributed by atoms with Crippen molar-refractivity contribution in [3.63, 3.8) is 0 Å². The zero-order chi connectivity index (χ0) is 22.6. The van der Waals surface area contributed by atoms with Crippen molar-refractivity contribution in [2.75, 3.05) is 44.6 Å². The van der Waals surface area contributed by atoms with Crippen LogP contribution >= 0.6 is 11.3 Å².